The number of nitrogens with zero attached hydrogens (tertiary/aromatic N) is 4. The smallest absolute Gasteiger partial charge is 0.230 e. The Balaban J connectivity index is 1.59. The number of amides is 1. The molecular formula is C21H25N5OS. The molecule has 1 aromatic heterocycles. The van der Waals surface area contributed by atoms with Crippen LogP contribution in [0.2, 0.25) is 0 Å². The van der Waals surface area contributed by atoms with Crippen molar-refractivity contribution in [1.82, 2.24) is 25.5 Å². The number of benzene rings is 2. The van der Waals surface area contributed by atoms with Gasteiger partial charge in [-0.1, -0.05) is 61.2 Å². The lowest BCUT2D eigenvalue weighted by Gasteiger charge is -2.16. The van der Waals surface area contributed by atoms with Gasteiger partial charge >= 0.3 is 0 Å². The van der Waals surface area contributed by atoms with E-state index in [1.165, 1.54) is 22.9 Å². The second kappa shape index (κ2) is 9.50. The highest BCUT2D eigenvalue weighted by molar-refractivity contribution is 7.99. The fourth-order valence-electron chi connectivity index (χ4n) is 3.03. The summed E-state index contributed by atoms with van der Waals surface area (Å²) in [5.41, 5.74) is 4.47. The minimum absolute atomic E-state index is 0.0186. The summed E-state index contributed by atoms with van der Waals surface area (Å²) in [6.45, 7) is 6.86. The molecule has 1 heterocycles. The van der Waals surface area contributed by atoms with Crippen LogP contribution in [0, 0.1) is 13.8 Å². The van der Waals surface area contributed by atoms with E-state index in [0.29, 0.717) is 17.6 Å². The van der Waals surface area contributed by atoms with Crippen LogP contribution in [-0.2, 0) is 4.79 Å². The van der Waals surface area contributed by atoms with Crippen LogP contribution in [0.3, 0.4) is 0 Å². The monoisotopic (exact) mass is 395 g/mol. The van der Waals surface area contributed by atoms with Crippen LogP contribution in [0.25, 0.3) is 5.69 Å². The molecule has 3 aromatic rings. The lowest BCUT2D eigenvalue weighted by Crippen LogP contribution is -2.29. The predicted octanol–water partition coefficient (Wildman–Crippen LogP) is 3.68. The quantitative estimate of drug-likeness (QED) is 0.589. The Labute approximate surface area is 169 Å². The summed E-state index contributed by atoms with van der Waals surface area (Å²) in [7, 11) is 0. The molecule has 1 amide bonds. The van der Waals surface area contributed by atoms with Crippen LogP contribution in [0.4, 0.5) is 0 Å². The van der Waals surface area contributed by atoms with E-state index in [4.69, 9.17) is 0 Å². The number of aryl methyl sites for hydroxylation is 1. The third-order valence-electron chi connectivity index (χ3n) is 4.89. The Kier molecular flexibility index (Phi) is 6.81. The molecule has 1 atom stereocenters. The second-order valence-corrected chi connectivity index (χ2v) is 7.64. The molecular weight excluding hydrogens is 370 g/mol. The summed E-state index contributed by atoms with van der Waals surface area (Å²) in [5.74, 6) is 0.571. The van der Waals surface area contributed by atoms with E-state index < -0.39 is 0 Å². The Morgan fingerprint density at radius 2 is 1.93 bits per heavy atom. The number of thioether (sulfide) groups is 1. The van der Waals surface area contributed by atoms with Crippen molar-refractivity contribution in [3.63, 3.8) is 0 Å². The van der Waals surface area contributed by atoms with Gasteiger partial charge in [0, 0.05) is 12.5 Å². The third-order valence-corrected chi connectivity index (χ3v) is 5.81. The summed E-state index contributed by atoms with van der Waals surface area (Å²) in [5, 5.41) is 15.6. The van der Waals surface area contributed by atoms with Crippen LogP contribution < -0.4 is 5.32 Å². The van der Waals surface area contributed by atoms with Crippen molar-refractivity contribution in [2.75, 3.05) is 12.3 Å². The van der Waals surface area contributed by atoms with E-state index in [1.807, 2.05) is 37.3 Å². The number of aromatic nitrogens is 4. The molecule has 1 N–H and O–H groups in total. The van der Waals surface area contributed by atoms with Crippen molar-refractivity contribution in [3.8, 4) is 5.69 Å². The van der Waals surface area contributed by atoms with Crippen LogP contribution in [-0.4, -0.2) is 38.4 Å². The zero-order chi connectivity index (χ0) is 19.9. The highest BCUT2D eigenvalue weighted by Crippen LogP contribution is 2.22. The van der Waals surface area contributed by atoms with E-state index in [0.717, 1.165) is 17.7 Å². The van der Waals surface area contributed by atoms with Gasteiger partial charge in [-0.2, -0.15) is 4.68 Å². The SMILES string of the molecule is CC[C@@H](CNC(=O)CSc1nnnn1-c1cccc(C)c1C)c1ccccc1. The van der Waals surface area contributed by atoms with Crippen molar-refractivity contribution in [1.29, 1.82) is 0 Å². The predicted molar refractivity (Wildman–Crippen MR) is 112 cm³/mol. The maximum Gasteiger partial charge on any atom is 0.230 e. The standard InChI is InChI=1S/C21H25N5OS/c1-4-17(18-10-6-5-7-11-18)13-22-20(27)14-28-21-23-24-25-26(21)19-12-8-9-15(2)16(19)3/h5-12,17H,4,13-14H2,1-3H3,(H,22,27)/t17-/m0/s1. The van der Waals surface area contributed by atoms with Gasteiger partial charge in [0.25, 0.3) is 0 Å². The molecule has 0 saturated heterocycles. The fourth-order valence-corrected chi connectivity index (χ4v) is 3.74. The van der Waals surface area contributed by atoms with Crippen molar-refractivity contribution in [3.05, 3.63) is 65.2 Å². The Morgan fingerprint density at radius 1 is 1.14 bits per heavy atom. The van der Waals surface area contributed by atoms with Gasteiger partial charge in [0.1, 0.15) is 0 Å². The molecule has 0 unspecified atom stereocenters. The molecule has 0 spiro atoms. The summed E-state index contributed by atoms with van der Waals surface area (Å²) in [6, 6.07) is 16.3. The van der Waals surface area contributed by atoms with E-state index in [1.54, 1.807) is 4.68 Å². The van der Waals surface area contributed by atoms with Crippen molar-refractivity contribution in [2.24, 2.45) is 0 Å². The summed E-state index contributed by atoms with van der Waals surface area (Å²) >= 11 is 1.34. The van der Waals surface area contributed by atoms with E-state index in [9.17, 15) is 4.79 Å². The van der Waals surface area contributed by atoms with Crippen LogP contribution in [0.1, 0.15) is 36.0 Å². The van der Waals surface area contributed by atoms with Crippen molar-refractivity contribution >= 4 is 17.7 Å². The molecule has 3 rings (SSSR count). The van der Waals surface area contributed by atoms with Gasteiger partial charge in [-0.25, -0.2) is 0 Å². The minimum atomic E-state index is -0.0186. The Hall–Kier alpha value is -2.67. The highest BCUT2D eigenvalue weighted by atomic mass is 32.2. The molecule has 7 heteroatoms. The molecule has 2 aromatic carbocycles. The fraction of sp³-hybridized carbons (Fsp3) is 0.333. The van der Waals surface area contributed by atoms with E-state index in [2.05, 4.69) is 52.9 Å². The molecule has 6 nitrogen and oxygen atoms in total. The summed E-state index contributed by atoms with van der Waals surface area (Å²) in [4.78, 5) is 12.3. The topological polar surface area (TPSA) is 72.7 Å². The third kappa shape index (κ3) is 4.78. The van der Waals surface area contributed by atoms with Crippen molar-refractivity contribution < 1.29 is 4.79 Å². The van der Waals surface area contributed by atoms with Gasteiger partial charge in [0.15, 0.2) is 0 Å². The molecule has 0 aliphatic rings. The van der Waals surface area contributed by atoms with Crippen molar-refractivity contribution in [2.45, 2.75) is 38.3 Å². The number of hydrogen-bond donors (Lipinski definition) is 1. The number of nitrogens with one attached hydrogen (secondary N) is 1. The average Bonchev–Trinajstić information content (AvgIpc) is 3.18. The number of hydrogen-bond acceptors (Lipinski definition) is 5. The second-order valence-electron chi connectivity index (χ2n) is 6.70. The number of carbonyl (C=O) groups excluding carboxylic acids is 1. The molecule has 0 bridgehead atoms. The first-order chi connectivity index (χ1) is 13.6. The molecule has 0 fully saturated rings. The normalized spacial score (nSPS) is 12.0. The van der Waals surface area contributed by atoms with Gasteiger partial charge in [-0.3, -0.25) is 4.79 Å². The highest BCUT2D eigenvalue weighted by Gasteiger charge is 2.15. The first kappa shape index (κ1) is 20.1. The molecule has 0 aliphatic heterocycles. The van der Waals surface area contributed by atoms with Gasteiger partial charge in [0.2, 0.25) is 11.1 Å². The Bertz CT molecular complexity index is 926. The van der Waals surface area contributed by atoms with Gasteiger partial charge in [0.05, 0.1) is 11.4 Å². The summed E-state index contributed by atoms with van der Waals surface area (Å²) in [6.07, 6.45) is 0.975. The van der Waals surface area contributed by atoms with Gasteiger partial charge in [-0.05, 0) is 53.5 Å². The van der Waals surface area contributed by atoms with E-state index in [-0.39, 0.29) is 11.7 Å². The van der Waals surface area contributed by atoms with Crippen LogP contribution >= 0.6 is 11.8 Å². The number of tetrazole rings is 1. The molecule has 0 aliphatic carbocycles. The zero-order valence-corrected chi connectivity index (χ0v) is 17.2. The number of rotatable bonds is 8. The molecule has 0 radical (unpaired) electrons. The number of carbonyl (C=O) groups is 1. The van der Waals surface area contributed by atoms with Gasteiger partial charge < -0.3 is 5.32 Å². The molecule has 146 valence electrons. The first-order valence-corrected chi connectivity index (χ1v) is 10.4. The van der Waals surface area contributed by atoms with Gasteiger partial charge in [-0.15, -0.1) is 5.10 Å². The summed E-state index contributed by atoms with van der Waals surface area (Å²) < 4.78 is 1.69. The zero-order valence-electron chi connectivity index (χ0n) is 16.4. The van der Waals surface area contributed by atoms with Crippen LogP contribution in [0.5, 0.6) is 0 Å². The molecule has 28 heavy (non-hydrogen) atoms. The van der Waals surface area contributed by atoms with E-state index >= 15 is 0 Å². The largest absolute Gasteiger partial charge is 0.355 e. The lowest BCUT2D eigenvalue weighted by atomic mass is 9.96. The Morgan fingerprint density at radius 3 is 2.68 bits per heavy atom. The first-order valence-electron chi connectivity index (χ1n) is 9.39. The molecule has 0 saturated carbocycles. The average molecular weight is 396 g/mol. The minimum Gasteiger partial charge on any atom is -0.355 e. The lowest BCUT2D eigenvalue weighted by molar-refractivity contribution is -0.118. The van der Waals surface area contributed by atoms with Crippen LogP contribution in [0.15, 0.2) is 53.7 Å². The maximum absolute atomic E-state index is 12.3. The maximum atomic E-state index is 12.3.